The molecule has 6 N–H and O–H groups in total. The van der Waals surface area contributed by atoms with Gasteiger partial charge in [-0.2, -0.15) is 0 Å². The molecular formula is C55H71N5O12. The lowest BCUT2D eigenvalue weighted by Gasteiger charge is -2.38. The molecule has 17 heteroatoms. The first-order chi connectivity index (χ1) is 34.1. The minimum atomic E-state index is -2.03. The molecule has 0 radical (unpaired) electrons. The minimum Gasteiger partial charge on any atom is -0.507 e. The van der Waals surface area contributed by atoms with Gasteiger partial charge in [-0.15, -0.1) is 0 Å². The van der Waals surface area contributed by atoms with Crippen molar-refractivity contribution in [2.24, 2.45) is 34.6 Å². The van der Waals surface area contributed by atoms with Crippen LogP contribution in [0.3, 0.4) is 0 Å². The van der Waals surface area contributed by atoms with E-state index in [-0.39, 0.29) is 76.0 Å². The normalized spacial score (nSPS) is 30.3. The Kier molecular flexibility index (Phi) is 16.3. The van der Waals surface area contributed by atoms with Crippen molar-refractivity contribution in [3.8, 4) is 11.5 Å². The third-order valence-corrected chi connectivity index (χ3v) is 14.8. The van der Waals surface area contributed by atoms with Gasteiger partial charge in [0.15, 0.2) is 0 Å². The number of nitrogens with zero attached hydrogens (tertiary/aromatic N) is 2. The third-order valence-electron chi connectivity index (χ3n) is 14.8. The summed E-state index contributed by atoms with van der Waals surface area (Å²) in [5.41, 5.74) is 0.502. The molecule has 5 aliphatic heterocycles. The molecule has 9 atom stereocenters. The maximum Gasteiger partial charge on any atom is 0.312 e. The van der Waals surface area contributed by atoms with Crippen LogP contribution in [0.5, 0.6) is 11.5 Å². The van der Waals surface area contributed by atoms with Crippen molar-refractivity contribution in [3.63, 3.8) is 0 Å². The Hall–Kier alpha value is -6.14. The fraction of sp³-hybridized carbons (Fsp3) is 0.527. The van der Waals surface area contributed by atoms with Gasteiger partial charge < -0.3 is 55.1 Å². The van der Waals surface area contributed by atoms with Crippen LogP contribution in [0.25, 0.3) is 0 Å². The highest BCUT2D eigenvalue weighted by Crippen LogP contribution is 2.50. The van der Waals surface area contributed by atoms with Crippen LogP contribution in [0.15, 0.2) is 82.9 Å². The van der Waals surface area contributed by atoms with Gasteiger partial charge in [0, 0.05) is 99.8 Å². The van der Waals surface area contributed by atoms with E-state index in [2.05, 4.69) is 34.7 Å². The van der Waals surface area contributed by atoms with Gasteiger partial charge in [-0.05, 0) is 31.4 Å². The van der Waals surface area contributed by atoms with Crippen molar-refractivity contribution in [3.05, 3.63) is 106 Å². The Bertz CT molecular complexity index is 2590. The van der Waals surface area contributed by atoms with E-state index in [1.165, 1.54) is 33.3 Å². The Morgan fingerprint density at radius 3 is 2.29 bits per heavy atom. The van der Waals surface area contributed by atoms with Crippen molar-refractivity contribution in [1.29, 1.82) is 0 Å². The van der Waals surface area contributed by atoms with Gasteiger partial charge in [-0.25, -0.2) is 0 Å². The summed E-state index contributed by atoms with van der Waals surface area (Å²) in [4.78, 5) is 77.7. The number of likely N-dealkylation sites (tertiary alicyclic amines) is 1. The molecule has 0 aromatic heterocycles. The molecule has 8 rings (SSSR count). The van der Waals surface area contributed by atoms with Crippen molar-refractivity contribution in [2.75, 3.05) is 26.7 Å². The van der Waals surface area contributed by atoms with Gasteiger partial charge in [0.2, 0.25) is 11.7 Å². The molecule has 388 valence electrons. The fourth-order valence-corrected chi connectivity index (χ4v) is 10.4. The number of aromatic hydroxyl groups is 1. The standard InChI is InChI=1S/C55H71N5O12/c1-29(2)28-60-24-22-55(23-25-60)58-43-40-41-48(65)35(8)51-42(40)52(67)54(9,72-51)70-26-21-37(69-10)32(5)50(71-39(62)20-19-38(61)56-27-36-17-12-11-13-18-36)34(7)47(64)33(6)46(63)30(3)15-14-16-31(4)53(68)57-45(49(41)66)44(43)59-55/h11-18,21,26,29-30,32-34,37,46-47,50,59,63-65H,19-20,22-25,27-28H2,1-10H3,(H,56,61)(H,57,68)/b15-14+,26-21+,31-16-/t30-,32+,33+,34+,37-,46-,47+,50+,54?/m0/s1. The van der Waals surface area contributed by atoms with E-state index in [9.17, 15) is 39.3 Å². The highest BCUT2D eigenvalue weighted by molar-refractivity contribution is 6.34. The molecule has 2 aromatic rings. The van der Waals surface area contributed by atoms with Crippen LogP contribution in [0.2, 0.25) is 0 Å². The molecule has 72 heavy (non-hydrogen) atoms. The predicted octanol–water partition coefficient (Wildman–Crippen LogP) is 5.69. The van der Waals surface area contributed by atoms with Crippen LogP contribution in [0, 0.1) is 36.5 Å². The molecule has 6 aliphatic rings. The number of Topliss-reactive ketones (excluding diaryl/α,β-unsaturated/α-hetero) is 2. The van der Waals surface area contributed by atoms with E-state index < -0.39 is 88.7 Å². The average molecular weight is 994 g/mol. The number of hydrogen-bond acceptors (Lipinski definition) is 15. The number of phenolic OH excluding ortho intramolecular Hbond substituents is 1. The van der Waals surface area contributed by atoms with Gasteiger partial charge in [-0.3, -0.25) is 29.0 Å². The van der Waals surface area contributed by atoms with Crippen LogP contribution in [-0.4, -0.2) is 118 Å². The van der Waals surface area contributed by atoms with Gasteiger partial charge in [0.1, 0.15) is 29.0 Å². The zero-order valence-electron chi connectivity index (χ0n) is 43.0. The molecule has 17 nitrogen and oxygen atoms in total. The van der Waals surface area contributed by atoms with E-state index in [1.54, 1.807) is 52.8 Å². The summed E-state index contributed by atoms with van der Waals surface area (Å²) < 4.78 is 24.5. The molecule has 1 spiro atoms. The zero-order valence-corrected chi connectivity index (χ0v) is 43.0. The summed E-state index contributed by atoms with van der Waals surface area (Å²) in [5, 5.41) is 44.5. The topological polar surface area (TPSA) is 235 Å². The van der Waals surface area contributed by atoms with E-state index in [0.29, 0.717) is 31.8 Å². The van der Waals surface area contributed by atoms with E-state index in [4.69, 9.17) is 23.9 Å². The number of esters is 1. The molecular weight excluding hydrogens is 923 g/mol. The number of hydrogen-bond donors (Lipinski definition) is 6. The minimum absolute atomic E-state index is 0.00371. The van der Waals surface area contributed by atoms with Crippen molar-refractivity contribution >= 4 is 35.1 Å². The summed E-state index contributed by atoms with van der Waals surface area (Å²) in [6, 6.07) is 9.36. The number of carbonyl (C=O) groups is 5. The van der Waals surface area contributed by atoms with Crippen LogP contribution in [0.4, 0.5) is 0 Å². The second-order valence-corrected chi connectivity index (χ2v) is 20.7. The quantitative estimate of drug-likeness (QED) is 0.166. The number of ether oxygens (including phenoxy) is 4. The second-order valence-electron chi connectivity index (χ2n) is 20.7. The molecule has 1 aliphatic carbocycles. The Balaban J connectivity index is 1.25. The number of aliphatic imine (C=N–C) groups is 1. The Labute approximate surface area is 421 Å². The first kappa shape index (κ1) is 53.7. The number of benzene rings is 2. The summed E-state index contributed by atoms with van der Waals surface area (Å²) in [7, 11) is 1.44. The number of phenols is 1. The number of carbonyl (C=O) groups excluding carboxylic acids is 5. The summed E-state index contributed by atoms with van der Waals surface area (Å²) in [6.07, 6.45) is 4.08. The lowest BCUT2D eigenvalue weighted by Crippen LogP contribution is -2.50. The first-order valence-electron chi connectivity index (χ1n) is 25.0. The highest BCUT2D eigenvalue weighted by atomic mass is 16.7. The maximum absolute atomic E-state index is 14.9. The molecule has 1 fully saturated rings. The monoisotopic (exact) mass is 994 g/mol. The van der Waals surface area contributed by atoms with E-state index >= 15 is 0 Å². The number of piperidine rings is 1. The van der Waals surface area contributed by atoms with Crippen LogP contribution < -0.4 is 20.7 Å². The molecule has 2 aromatic carbocycles. The number of nitrogens with one attached hydrogen (secondary N) is 3. The predicted molar refractivity (Wildman–Crippen MR) is 269 cm³/mol. The van der Waals surface area contributed by atoms with Crippen LogP contribution in [-0.2, 0) is 35.1 Å². The summed E-state index contributed by atoms with van der Waals surface area (Å²) >= 11 is 0. The largest absolute Gasteiger partial charge is 0.507 e. The van der Waals surface area contributed by atoms with Crippen LogP contribution in [0.1, 0.15) is 118 Å². The van der Waals surface area contributed by atoms with Crippen molar-refractivity contribution in [2.45, 2.75) is 130 Å². The second kappa shape index (κ2) is 21.9. The smallest absolute Gasteiger partial charge is 0.312 e. The van der Waals surface area contributed by atoms with Crippen molar-refractivity contribution in [1.82, 2.24) is 20.9 Å². The number of allylic oxidation sites excluding steroid dienone is 4. The Morgan fingerprint density at radius 2 is 1.62 bits per heavy atom. The van der Waals surface area contributed by atoms with Gasteiger partial charge in [0.05, 0.1) is 53.5 Å². The summed E-state index contributed by atoms with van der Waals surface area (Å²) in [5.74, 6) is -7.85. The SMILES string of the molecule is CO[C@H]1/C=C/OC2(C)Oc3c(C)c(O)c4c(c3C2=O)C2=NC3(CCN(CC(C)C)CC3)NC2=C(NC(=O)/C(C)=C\C=C\[C@H](C)[C@H](O)[C@@H](C)[C@@H](O)[C@@H](C)[C@H](OC(=O)CCC(=O)NCc2ccccc2)[C@@H]1C)C4=O. The third kappa shape index (κ3) is 10.9. The number of ketones is 2. The van der Waals surface area contributed by atoms with Gasteiger partial charge >= 0.3 is 11.8 Å². The molecule has 5 heterocycles. The van der Waals surface area contributed by atoms with Crippen LogP contribution >= 0.6 is 0 Å². The number of methoxy groups -OCH3 is 1. The molecule has 1 saturated heterocycles. The molecule has 5 bridgehead atoms. The number of fused-ring (bicyclic) bond motifs is 13. The lowest BCUT2D eigenvalue weighted by atomic mass is 9.78. The molecule has 0 saturated carbocycles. The molecule has 2 amide bonds. The Morgan fingerprint density at radius 1 is 0.931 bits per heavy atom. The number of aliphatic hydroxyl groups excluding tert-OH is 2. The lowest BCUT2D eigenvalue weighted by molar-refractivity contribution is -0.164. The molecule has 1 unspecified atom stereocenters. The number of amides is 2. The van der Waals surface area contributed by atoms with Crippen molar-refractivity contribution < 1.29 is 58.2 Å². The van der Waals surface area contributed by atoms with E-state index in [0.717, 1.165) is 12.1 Å². The average Bonchev–Trinajstić information content (AvgIpc) is 3.86. The fourth-order valence-electron chi connectivity index (χ4n) is 10.4. The van der Waals surface area contributed by atoms with E-state index in [1.807, 2.05) is 30.3 Å². The zero-order chi connectivity index (χ0) is 52.4. The highest BCUT2D eigenvalue weighted by Gasteiger charge is 2.54. The van der Waals surface area contributed by atoms with Gasteiger partial charge in [0.25, 0.3) is 11.7 Å². The number of rotatable bonds is 9. The maximum atomic E-state index is 14.9. The number of aliphatic hydroxyl groups is 2. The first-order valence-corrected chi connectivity index (χ1v) is 25.0. The van der Waals surface area contributed by atoms with Gasteiger partial charge in [-0.1, -0.05) is 90.1 Å². The summed E-state index contributed by atoms with van der Waals surface area (Å²) in [6.45, 7) is 18.3.